The Hall–Kier alpha value is -2.14. The van der Waals surface area contributed by atoms with Crippen molar-refractivity contribution in [2.24, 2.45) is 0 Å². The van der Waals surface area contributed by atoms with Crippen molar-refractivity contribution in [1.29, 1.82) is 0 Å². The van der Waals surface area contributed by atoms with Crippen molar-refractivity contribution in [3.63, 3.8) is 0 Å². The molecule has 1 aliphatic carbocycles. The van der Waals surface area contributed by atoms with E-state index in [1.165, 1.54) is 0 Å². The van der Waals surface area contributed by atoms with Gasteiger partial charge in [0, 0.05) is 51.3 Å². The van der Waals surface area contributed by atoms with E-state index in [9.17, 15) is 9.59 Å². The highest BCUT2D eigenvalue weighted by Crippen LogP contribution is 2.18. The van der Waals surface area contributed by atoms with Crippen LogP contribution in [0.25, 0.3) is 5.57 Å². The van der Waals surface area contributed by atoms with Crippen LogP contribution < -0.4 is 5.32 Å². The minimum atomic E-state index is 0.0764. The molecule has 1 heterocycles. The summed E-state index contributed by atoms with van der Waals surface area (Å²) in [5, 5.41) is 3.02. The van der Waals surface area contributed by atoms with Gasteiger partial charge >= 0.3 is 0 Å². The largest absolute Gasteiger partial charge is 0.353 e. The molecule has 0 aromatic heterocycles. The zero-order valence-corrected chi connectivity index (χ0v) is 14.9. The van der Waals surface area contributed by atoms with E-state index in [2.05, 4.69) is 10.2 Å². The van der Waals surface area contributed by atoms with Gasteiger partial charge in [0.25, 0.3) is 0 Å². The van der Waals surface area contributed by atoms with Crippen molar-refractivity contribution >= 4 is 17.4 Å². The molecule has 1 saturated carbocycles. The van der Waals surface area contributed by atoms with Crippen LogP contribution in [-0.2, 0) is 9.59 Å². The first-order valence-electron chi connectivity index (χ1n) is 9.16. The standard InChI is InChI=1S/C20H27N3O2/c1-16(17-5-3-2-4-6-17)15-20(25)23-13-11-22(12-14-23)10-9-19(24)21-18-7-8-18/h2-6,15,18H,7-14H2,1H3,(H,21,24). The van der Waals surface area contributed by atoms with E-state index in [-0.39, 0.29) is 11.8 Å². The SMILES string of the molecule is CC(=CC(=O)N1CCN(CCC(=O)NC2CC2)CC1)c1ccccc1. The van der Waals surface area contributed by atoms with E-state index in [4.69, 9.17) is 0 Å². The Morgan fingerprint density at radius 3 is 2.44 bits per heavy atom. The number of rotatable bonds is 6. The summed E-state index contributed by atoms with van der Waals surface area (Å²) >= 11 is 0. The van der Waals surface area contributed by atoms with Gasteiger partial charge in [0.1, 0.15) is 0 Å². The fourth-order valence-electron chi connectivity index (χ4n) is 3.04. The minimum Gasteiger partial charge on any atom is -0.353 e. The van der Waals surface area contributed by atoms with E-state index < -0.39 is 0 Å². The van der Waals surface area contributed by atoms with Crippen molar-refractivity contribution in [2.45, 2.75) is 32.2 Å². The average Bonchev–Trinajstić information content (AvgIpc) is 3.45. The highest BCUT2D eigenvalue weighted by atomic mass is 16.2. The Balaban J connectivity index is 1.42. The van der Waals surface area contributed by atoms with Gasteiger partial charge in [0.15, 0.2) is 0 Å². The number of allylic oxidation sites excluding steroid dienone is 1. The number of hydrogen-bond donors (Lipinski definition) is 1. The lowest BCUT2D eigenvalue weighted by atomic mass is 10.1. The predicted molar refractivity (Wildman–Crippen MR) is 98.9 cm³/mol. The van der Waals surface area contributed by atoms with Crippen molar-refractivity contribution in [1.82, 2.24) is 15.1 Å². The molecule has 2 amide bonds. The van der Waals surface area contributed by atoms with E-state index in [1.807, 2.05) is 42.2 Å². The first-order chi connectivity index (χ1) is 12.1. The van der Waals surface area contributed by atoms with Crippen molar-refractivity contribution in [3.05, 3.63) is 42.0 Å². The Morgan fingerprint density at radius 2 is 1.80 bits per heavy atom. The molecule has 2 fully saturated rings. The second kappa shape index (κ2) is 8.30. The highest BCUT2D eigenvalue weighted by molar-refractivity contribution is 5.94. The third-order valence-electron chi connectivity index (χ3n) is 4.85. The quantitative estimate of drug-likeness (QED) is 0.804. The Kier molecular flexibility index (Phi) is 5.87. The van der Waals surface area contributed by atoms with Crippen molar-refractivity contribution in [2.75, 3.05) is 32.7 Å². The second-order valence-corrected chi connectivity index (χ2v) is 6.95. The summed E-state index contributed by atoms with van der Waals surface area (Å²) in [6.45, 7) is 5.87. The van der Waals surface area contributed by atoms with Gasteiger partial charge < -0.3 is 10.2 Å². The highest BCUT2D eigenvalue weighted by Gasteiger charge is 2.24. The molecule has 134 valence electrons. The molecule has 0 unspecified atom stereocenters. The zero-order valence-electron chi connectivity index (χ0n) is 14.9. The van der Waals surface area contributed by atoms with Crippen LogP contribution in [0.2, 0.25) is 0 Å². The maximum absolute atomic E-state index is 12.4. The molecule has 2 aliphatic rings. The van der Waals surface area contributed by atoms with Crippen LogP contribution in [0.4, 0.5) is 0 Å². The summed E-state index contributed by atoms with van der Waals surface area (Å²) in [6, 6.07) is 10.4. The smallest absolute Gasteiger partial charge is 0.246 e. The van der Waals surface area contributed by atoms with Gasteiger partial charge in [0.05, 0.1) is 0 Å². The first kappa shape index (κ1) is 17.7. The molecule has 0 spiro atoms. The maximum atomic E-state index is 12.4. The molecule has 1 saturated heterocycles. The van der Waals surface area contributed by atoms with Gasteiger partial charge in [-0.15, -0.1) is 0 Å². The molecule has 5 nitrogen and oxygen atoms in total. The number of benzene rings is 1. The molecule has 0 radical (unpaired) electrons. The van der Waals surface area contributed by atoms with Gasteiger partial charge in [-0.3, -0.25) is 14.5 Å². The third-order valence-corrected chi connectivity index (χ3v) is 4.85. The molecule has 3 rings (SSSR count). The zero-order chi connectivity index (χ0) is 17.6. The summed E-state index contributed by atoms with van der Waals surface area (Å²) in [4.78, 5) is 28.4. The van der Waals surface area contributed by atoms with Crippen molar-refractivity contribution in [3.8, 4) is 0 Å². The van der Waals surface area contributed by atoms with E-state index >= 15 is 0 Å². The Labute approximate surface area is 149 Å². The Morgan fingerprint density at radius 1 is 1.12 bits per heavy atom. The first-order valence-corrected chi connectivity index (χ1v) is 9.16. The number of nitrogens with zero attached hydrogens (tertiary/aromatic N) is 2. The summed E-state index contributed by atoms with van der Waals surface area (Å²) in [6.07, 6.45) is 4.54. The molecule has 1 aliphatic heterocycles. The van der Waals surface area contributed by atoms with E-state index in [0.29, 0.717) is 12.5 Å². The number of hydrogen-bond acceptors (Lipinski definition) is 3. The molecule has 25 heavy (non-hydrogen) atoms. The summed E-state index contributed by atoms with van der Waals surface area (Å²) in [5.41, 5.74) is 2.07. The van der Waals surface area contributed by atoms with Crippen LogP contribution in [0.5, 0.6) is 0 Å². The van der Waals surface area contributed by atoms with Gasteiger partial charge in [-0.05, 0) is 30.9 Å². The lowest BCUT2D eigenvalue weighted by molar-refractivity contribution is -0.128. The van der Waals surface area contributed by atoms with E-state index in [0.717, 1.165) is 56.7 Å². The Bertz CT molecular complexity index is 630. The van der Waals surface area contributed by atoms with Gasteiger partial charge in [-0.1, -0.05) is 30.3 Å². The minimum absolute atomic E-state index is 0.0764. The van der Waals surface area contributed by atoms with Gasteiger partial charge in [0.2, 0.25) is 11.8 Å². The lowest BCUT2D eigenvalue weighted by Crippen LogP contribution is -2.49. The molecule has 0 bridgehead atoms. The average molecular weight is 341 g/mol. The molecule has 1 aromatic carbocycles. The fraction of sp³-hybridized carbons (Fsp3) is 0.500. The van der Waals surface area contributed by atoms with Crippen molar-refractivity contribution < 1.29 is 9.59 Å². The monoisotopic (exact) mass is 341 g/mol. The fourth-order valence-corrected chi connectivity index (χ4v) is 3.04. The lowest BCUT2D eigenvalue weighted by Gasteiger charge is -2.34. The molecule has 1 N–H and O–H groups in total. The number of nitrogens with one attached hydrogen (secondary N) is 1. The van der Waals surface area contributed by atoms with Gasteiger partial charge in [-0.2, -0.15) is 0 Å². The van der Waals surface area contributed by atoms with Gasteiger partial charge in [-0.25, -0.2) is 0 Å². The molecule has 1 aromatic rings. The number of piperazine rings is 1. The topological polar surface area (TPSA) is 52.7 Å². The van der Waals surface area contributed by atoms with Crippen LogP contribution >= 0.6 is 0 Å². The van der Waals surface area contributed by atoms with Crippen LogP contribution in [-0.4, -0.2) is 60.4 Å². The maximum Gasteiger partial charge on any atom is 0.246 e. The summed E-state index contributed by atoms with van der Waals surface area (Å²) in [7, 11) is 0. The third kappa shape index (κ3) is 5.43. The number of carbonyl (C=O) groups is 2. The molecule has 5 heteroatoms. The normalized spacial score (nSPS) is 18.9. The molecular weight excluding hydrogens is 314 g/mol. The van der Waals surface area contributed by atoms with Crippen LogP contribution in [0.15, 0.2) is 36.4 Å². The predicted octanol–water partition coefficient (Wildman–Crippen LogP) is 1.90. The van der Waals surface area contributed by atoms with Crippen LogP contribution in [0.3, 0.4) is 0 Å². The molecule has 0 atom stereocenters. The number of carbonyl (C=O) groups excluding carboxylic acids is 2. The summed E-state index contributed by atoms with van der Waals surface area (Å²) < 4.78 is 0. The summed E-state index contributed by atoms with van der Waals surface area (Å²) in [5.74, 6) is 0.231. The second-order valence-electron chi connectivity index (χ2n) is 6.95. The van der Waals surface area contributed by atoms with Crippen LogP contribution in [0, 0.1) is 0 Å². The molecular formula is C20H27N3O2. The van der Waals surface area contributed by atoms with E-state index in [1.54, 1.807) is 6.08 Å². The van der Waals surface area contributed by atoms with Crippen LogP contribution in [0.1, 0.15) is 31.7 Å². The number of amides is 2.